The third kappa shape index (κ3) is 4.88. The molecule has 65 heavy (non-hydrogen) atoms. The van der Waals surface area contributed by atoms with E-state index in [1.165, 1.54) is 110 Å². The number of benzene rings is 11. The van der Waals surface area contributed by atoms with Crippen LogP contribution in [0.1, 0.15) is 47.2 Å². The highest BCUT2D eigenvalue weighted by molar-refractivity contribution is 6.26. The molecule has 1 atom stereocenters. The Kier molecular flexibility index (Phi) is 7.45. The molecule has 0 saturated carbocycles. The Balaban J connectivity index is 1.04. The van der Waals surface area contributed by atoms with Crippen LogP contribution in [0.15, 0.2) is 224 Å². The zero-order valence-electron chi connectivity index (χ0n) is 36.3. The van der Waals surface area contributed by atoms with Gasteiger partial charge in [0.15, 0.2) is 0 Å². The monoisotopic (exact) mass is 825 g/mol. The molecule has 1 unspecified atom stereocenters. The number of fused-ring (bicyclic) bond motifs is 19. The van der Waals surface area contributed by atoms with Gasteiger partial charge in [0.1, 0.15) is 0 Å². The predicted octanol–water partition coefficient (Wildman–Crippen LogP) is 16.9. The normalized spacial score (nSPS) is 15.7. The van der Waals surface area contributed by atoms with Crippen molar-refractivity contribution in [1.82, 2.24) is 0 Å². The summed E-state index contributed by atoms with van der Waals surface area (Å²) in [5.74, 6) is 0. The van der Waals surface area contributed by atoms with Gasteiger partial charge in [-0.1, -0.05) is 190 Å². The molecule has 0 heterocycles. The van der Waals surface area contributed by atoms with E-state index in [4.69, 9.17) is 0 Å². The number of anilines is 3. The Morgan fingerprint density at radius 3 is 1.28 bits per heavy atom. The Hall–Kier alpha value is -8.00. The van der Waals surface area contributed by atoms with E-state index >= 15 is 0 Å². The Bertz CT molecular complexity index is 3800. The summed E-state index contributed by atoms with van der Waals surface area (Å²) in [6.45, 7) is 4.75. The smallest absolute Gasteiger partial charge is 0.0726 e. The molecular weight excluding hydrogens is 783 g/mol. The molecule has 0 saturated heterocycles. The molecule has 0 radical (unpaired) electrons. The van der Waals surface area contributed by atoms with Gasteiger partial charge in [-0.05, 0) is 159 Å². The largest absolute Gasteiger partial charge is 0.310 e. The van der Waals surface area contributed by atoms with Gasteiger partial charge in [-0.25, -0.2) is 0 Å². The van der Waals surface area contributed by atoms with Crippen LogP contribution >= 0.6 is 0 Å². The van der Waals surface area contributed by atoms with Crippen molar-refractivity contribution in [1.29, 1.82) is 0 Å². The lowest BCUT2D eigenvalue weighted by Gasteiger charge is -2.33. The van der Waals surface area contributed by atoms with Crippen molar-refractivity contribution in [3.05, 3.63) is 258 Å². The van der Waals surface area contributed by atoms with Crippen molar-refractivity contribution in [3.8, 4) is 44.5 Å². The molecule has 3 aliphatic carbocycles. The van der Waals surface area contributed by atoms with Gasteiger partial charge in [0.25, 0.3) is 0 Å². The average Bonchev–Trinajstić information content (AvgIpc) is 3.92. The van der Waals surface area contributed by atoms with Gasteiger partial charge in [-0.3, -0.25) is 0 Å². The highest BCUT2D eigenvalue weighted by atomic mass is 15.1. The number of hydrogen-bond donors (Lipinski definition) is 0. The highest BCUT2D eigenvalue weighted by Gasteiger charge is 2.52. The molecule has 11 aromatic carbocycles. The van der Waals surface area contributed by atoms with E-state index in [0.29, 0.717) is 0 Å². The van der Waals surface area contributed by atoms with Gasteiger partial charge in [0.2, 0.25) is 0 Å². The average molecular weight is 826 g/mol. The number of hydrogen-bond acceptors (Lipinski definition) is 1. The molecule has 304 valence electrons. The van der Waals surface area contributed by atoms with Crippen LogP contribution < -0.4 is 4.90 Å². The maximum atomic E-state index is 2.57. The minimum Gasteiger partial charge on any atom is -0.310 e. The fourth-order valence-electron chi connectivity index (χ4n) is 12.4. The summed E-state index contributed by atoms with van der Waals surface area (Å²) in [5, 5.41) is 7.79. The van der Waals surface area contributed by atoms with Crippen LogP contribution in [0.3, 0.4) is 0 Å². The van der Waals surface area contributed by atoms with Crippen molar-refractivity contribution in [3.63, 3.8) is 0 Å². The fourth-order valence-corrected chi connectivity index (χ4v) is 12.4. The molecule has 0 amide bonds. The maximum absolute atomic E-state index is 2.57. The third-order valence-electron chi connectivity index (χ3n) is 15.3. The van der Waals surface area contributed by atoms with Crippen LogP contribution in [0.5, 0.6) is 0 Å². The lowest BCUT2D eigenvalue weighted by atomic mass is 9.70. The first-order chi connectivity index (χ1) is 32.0. The summed E-state index contributed by atoms with van der Waals surface area (Å²) in [6, 6.07) is 84.6. The molecule has 0 fully saturated rings. The quantitative estimate of drug-likeness (QED) is 0.160. The summed E-state index contributed by atoms with van der Waals surface area (Å²) in [7, 11) is 0. The molecule has 0 aliphatic heterocycles. The Morgan fingerprint density at radius 1 is 0.262 bits per heavy atom. The molecule has 14 rings (SSSR count). The SMILES string of the molecule is CC1(C)c2ccccc2-c2ccc(N(c3ccc(-c4ccccc4)cc3)c3ccc4c(c3)C3(c5ccccc5-4)c4ccccc4-c4cc5c6ccccc6c6ccccc6c5cc43)cc21. The topological polar surface area (TPSA) is 3.24 Å². The standard InChI is InChI=1S/C64H43N/c1-63(2)57-25-13-10-22-49(57)52-34-32-43(36-60(52)63)65(42-30-28-41(29-31-42)40-16-4-3-5-17-40)44-33-35-53-50-23-11-14-26-58(50)64(61(53)37-44)59-27-15-12-24-51(59)56-38-54-47-20-8-6-18-45(47)46-19-7-9-21-48(46)55(54)39-62(56)64/h3-39H,1-2H3. The minimum atomic E-state index is -0.529. The summed E-state index contributed by atoms with van der Waals surface area (Å²) >= 11 is 0. The molecule has 3 aliphatic rings. The van der Waals surface area contributed by atoms with Gasteiger partial charge in [-0.15, -0.1) is 0 Å². The molecule has 1 nitrogen and oxygen atoms in total. The second kappa shape index (κ2) is 13.3. The molecule has 11 aromatic rings. The lowest BCUT2D eigenvalue weighted by molar-refractivity contribution is 0.660. The highest BCUT2D eigenvalue weighted by Crippen LogP contribution is 2.64. The second-order valence-corrected chi connectivity index (χ2v) is 18.8. The van der Waals surface area contributed by atoms with Gasteiger partial charge in [0.05, 0.1) is 5.41 Å². The molecule has 0 N–H and O–H groups in total. The summed E-state index contributed by atoms with van der Waals surface area (Å²) < 4.78 is 0. The van der Waals surface area contributed by atoms with Crippen LogP contribution in [0, 0.1) is 0 Å². The summed E-state index contributed by atoms with van der Waals surface area (Å²) in [6.07, 6.45) is 0. The molecule has 1 spiro atoms. The van der Waals surface area contributed by atoms with Gasteiger partial charge in [0, 0.05) is 22.5 Å². The van der Waals surface area contributed by atoms with Crippen LogP contribution in [0.25, 0.3) is 76.8 Å². The van der Waals surface area contributed by atoms with E-state index < -0.39 is 5.41 Å². The van der Waals surface area contributed by atoms with Gasteiger partial charge >= 0.3 is 0 Å². The van der Waals surface area contributed by atoms with E-state index in [1.54, 1.807) is 0 Å². The number of nitrogens with zero attached hydrogens (tertiary/aromatic N) is 1. The third-order valence-corrected chi connectivity index (χ3v) is 15.3. The Labute approximate surface area is 379 Å². The van der Waals surface area contributed by atoms with E-state index in [1.807, 2.05) is 0 Å². The first kappa shape index (κ1) is 36.5. The molecule has 1 heteroatoms. The van der Waals surface area contributed by atoms with Crippen molar-refractivity contribution in [2.75, 3.05) is 4.90 Å². The maximum Gasteiger partial charge on any atom is 0.0726 e. The predicted molar refractivity (Wildman–Crippen MR) is 273 cm³/mol. The zero-order chi connectivity index (χ0) is 43.0. The second-order valence-electron chi connectivity index (χ2n) is 18.8. The van der Waals surface area contributed by atoms with Gasteiger partial charge in [-0.2, -0.15) is 0 Å². The number of rotatable bonds is 4. The van der Waals surface area contributed by atoms with Crippen molar-refractivity contribution in [2.24, 2.45) is 0 Å². The van der Waals surface area contributed by atoms with E-state index in [9.17, 15) is 0 Å². The fraction of sp³-hybridized carbons (Fsp3) is 0.0625. The lowest BCUT2D eigenvalue weighted by Crippen LogP contribution is -2.26. The van der Waals surface area contributed by atoms with E-state index in [2.05, 4.69) is 243 Å². The summed E-state index contributed by atoms with van der Waals surface area (Å²) in [5.41, 5.74) is 21.2. The van der Waals surface area contributed by atoms with Crippen LogP contribution in [-0.2, 0) is 10.8 Å². The van der Waals surface area contributed by atoms with Gasteiger partial charge < -0.3 is 4.90 Å². The first-order valence-electron chi connectivity index (χ1n) is 22.9. The van der Waals surface area contributed by atoms with Crippen molar-refractivity contribution >= 4 is 49.4 Å². The van der Waals surface area contributed by atoms with Crippen molar-refractivity contribution < 1.29 is 0 Å². The van der Waals surface area contributed by atoms with Crippen LogP contribution in [0.4, 0.5) is 17.1 Å². The first-order valence-corrected chi connectivity index (χ1v) is 22.9. The van der Waals surface area contributed by atoms with Crippen molar-refractivity contribution in [2.45, 2.75) is 24.7 Å². The van der Waals surface area contributed by atoms with Crippen LogP contribution in [-0.4, -0.2) is 0 Å². The minimum absolute atomic E-state index is 0.135. The zero-order valence-corrected chi connectivity index (χ0v) is 36.3. The molecule has 0 aromatic heterocycles. The van der Waals surface area contributed by atoms with E-state index in [0.717, 1.165) is 17.1 Å². The van der Waals surface area contributed by atoms with E-state index in [-0.39, 0.29) is 5.41 Å². The van der Waals surface area contributed by atoms with Crippen LogP contribution in [0.2, 0.25) is 0 Å². The molecule has 0 bridgehead atoms. The Morgan fingerprint density at radius 2 is 0.662 bits per heavy atom. The molecular formula is C64H43N. The summed E-state index contributed by atoms with van der Waals surface area (Å²) in [4.78, 5) is 2.49.